The predicted molar refractivity (Wildman–Crippen MR) is 83.8 cm³/mol. The third kappa shape index (κ3) is 2.92. The molecule has 20 heavy (non-hydrogen) atoms. The molecular formula is C18H33NO. The van der Waals surface area contributed by atoms with Crippen LogP contribution in [0.1, 0.15) is 66.2 Å². The fourth-order valence-corrected chi connectivity index (χ4v) is 6.35. The zero-order valence-electron chi connectivity index (χ0n) is 13.9. The van der Waals surface area contributed by atoms with Crippen LogP contribution >= 0.6 is 0 Å². The summed E-state index contributed by atoms with van der Waals surface area (Å²) in [6.07, 6.45) is 8.64. The van der Waals surface area contributed by atoms with E-state index in [1.54, 1.807) is 0 Å². The van der Waals surface area contributed by atoms with Gasteiger partial charge in [-0.25, -0.2) is 0 Å². The summed E-state index contributed by atoms with van der Waals surface area (Å²) in [5, 5.41) is 3.93. The summed E-state index contributed by atoms with van der Waals surface area (Å²) in [5.74, 6) is 1.62. The quantitative estimate of drug-likeness (QED) is 0.742. The fourth-order valence-electron chi connectivity index (χ4n) is 6.35. The monoisotopic (exact) mass is 279 g/mol. The molecule has 0 saturated heterocycles. The predicted octanol–water partition coefficient (Wildman–Crippen LogP) is 4.00. The SMILES string of the molecule is CC(C)COCCNC12CC3CC(C)(CC(C)(C3)C1)C2. The fraction of sp³-hybridized carbons (Fsp3) is 1.00. The Labute approximate surface area is 125 Å². The van der Waals surface area contributed by atoms with Crippen molar-refractivity contribution in [2.45, 2.75) is 71.8 Å². The Bertz CT molecular complexity index is 346. The van der Waals surface area contributed by atoms with Gasteiger partial charge in [0.25, 0.3) is 0 Å². The third-order valence-electron chi connectivity index (χ3n) is 5.82. The molecule has 116 valence electrons. The summed E-state index contributed by atoms with van der Waals surface area (Å²) in [6.45, 7) is 12.3. The van der Waals surface area contributed by atoms with Crippen LogP contribution in [0.4, 0.5) is 0 Å². The van der Waals surface area contributed by atoms with Crippen LogP contribution in [0.5, 0.6) is 0 Å². The molecule has 4 aliphatic carbocycles. The average Bonchev–Trinajstić information content (AvgIpc) is 2.22. The van der Waals surface area contributed by atoms with E-state index in [1.807, 2.05) is 0 Å². The van der Waals surface area contributed by atoms with E-state index in [1.165, 1.54) is 38.5 Å². The minimum absolute atomic E-state index is 0.435. The topological polar surface area (TPSA) is 21.3 Å². The van der Waals surface area contributed by atoms with Crippen LogP contribution in [-0.2, 0) is 4.74 Å². The third-order valence-corrected chi connectivity index (χ3v) is 5.82. The highest BCUT2D eigenvalue weighted by Gasteiger charge is 2.59. The summed E-state index contributed by atoms with van der Waals surface area (Å²) in [4.78, 5) is 0. The number of hydrogen-bond donors (Lipinski definition) is 1. The van der Waals surface area contributed by atoms with Gasteiger partial charge in [0.2, 0.25) is 0 Å². The molecule has 0 aromatic carbocycles. The lowest BCUT2D eigenvalue weighted by Crippen LogP contribution is -2.64. The first-order valence-electron chi connectivity index (χ1n) is 8.65. The van der Waals surface area contributed by atoms with E-state index in [0.717, 1.165) is 25.7 Å². The minimum atomic E-state index is 0.435. The second kappa shape index (κ2) is 4.98. The molecule has 0 aliphatic heterocycles. The minimum Gasteiger partial charge on any atom is -0.380 e. The largest absolute Gasteiger partial charge is 0.380 e. The molecule has 1 N–H and O–H groups in total. The zero-order valence-corrected chi connectivity index (χ0v) is 13.9. The molecule has 4 rings (SSSR count). The lowest BCUT2D eigenvalue weighted by atomic mass is 9.43. The van der Waals surface area contributed by atoms with Crippen LogP contribution in [0.3, 0.4) is 0 Å². The summed E-state index contributed by atoms with van der Waals surface area (Å²) < 4.78 is 5.75. The van der Waals surface area contributed by atoms with Gasteiger partial charge in [-0.2, -0.15) is 0 Å². The van der Waals surface area contributed by atoms with Gasteiger partial charge in [-0.3, -0.25) is 0 Å². The molecule has 4 saturated carbocycles. The molecule has 2 unspecified atom stereocenters. The number of ether oxygens (including phenoxy) is 1. The van der Waals surface area contributed by atoms with Crippen molar-refractivity contribution < 1.29 is 4.74 Å². The highest BCUT2D eigenvalue weighted by Crippen LogP contribution is 2.66. The first kappa shape index (κ1) is 14.8. The van der Waals surface area contributed by atoms with E-state index in [4.69, 9.17) is 4.74 Å². The molecule has 0 spiro atoms. The van der Waals surface area contributed by atoms with Crippen LogP contribution in [0.2, 0.25) is 0 Å². The van der Waals surface area contributed by atoms with Gasteiger partial charge in [-0.1, -0.05) is 27.7 Å². The molecule has 2 heteroatoms. The average molecular weight is 279 g/mol. The lowest BCUT2D eigenvalue weighted by molar-refractivity contribution is -0.118. The first-order valence-corrected chi connectivity index (χ1v) is 8.65. The summed E-state index contributed by atoms with van der Waals surface area (Å²) in [6, 6.07) is 0. The second-order valence-corrected chi connectivity index (χ2v) is 9.31. The van der Waals surface area contributed by atoms with Gasteiger partial charge < -0.3 is 10.1 Å². The second-order valence-electron chi connectivity index (χ2n) is 9.31. The molecule has 0 aromatic heterocycles. The van der Waals surface area contributed by atoms with Crippen molar-refractivity contribution in [1.82, 2.24) is 5.32 Å². The van der Waals surface area contributed by atoms with E-state index in [0.29, 0.717) is 22.3 Å². The van der Waals surface area contributed by atoms with Gasteiger partial charge >= 0.3 is 0 Å². The van der Waals surface area contributed by atoms with Crippen LogP contribution in [0.25, 0.3) is 0 Å². The zero-order chi connectivity index (χ0) is 14.4. The molecule has 0 aromatic rings. The highest BCUT2D eigenvalue weighted by molar-refractivity contribution is 5.14. The number of nitrogens with one attached hydrogen (secondary N) is 1. The lowest BCUT2D eigenvalue weighted by Gasteiger charge is -2.65. The molecule has 0 radical (unpaired) electrons. The van der Waals surface area contributed by atoms with Gasteiger partial charge in [0, 0.05) is 18.7 Å². The van der Waals surface area contributed by atoms with Crippen molar-refractivity contribution in [1.29, 1.82) is 0 Å². The van der Waals surface area contributed by atoms with Gasteiger partial charge in [0.15, 0.2) is 0 Å². The molecule has 0 heterocycles. The molecule has 4 bridgehead atoms. The maximum Gasteiger partial charge on any atom is 0.0591 e. The van der Waals surface area contributed by atoms with Gasteiger partial charge in [0.05, 0.1) is 6.61 Å². The van der Waals surface area contributed by atoms with Gasteiger partial charge in [-0.05, 0) is 61.2 Å². The van der Waals surface area contributed by atoms with Crippen molar-refractivity contribution in [2.75, 3.05) is 19.8 Å². The Hall–Kier alpha value is -0.0800. The van der Waals surface area contributed by atoms with E-state index < -0.39 is 0 Å². The summed E-state index contributed by atoms with van der Waals surface area (Å²) >= 11 is 0. The maximum absolute atomic E-state index is 5.75. The molecule has 0 amide bonds. The van der Waals surface area contributed by atoms with Crippen LogP contribution in [-0.4, -0.2) is 25.3 Å². The number of rotatable bonds is 6. The van der Waals surface area contributed by atoms with Crippen molar-refractivity contribution in [3.8, 4) is 0 Å². The van der Waals surface area contributed by atoms with Crippen molar-refractivity contribution >= 4 is 0 Å². The summed E-state index contributed by atoms with van der Waals surface area (Å²) in [7, 11) is 0. The first-order chi connectivity index (χ1) is 9.32. The molecule has 2 atom stereocenters. The Morgan fingerprint density at radius 1 is 1.05 bits per heavy atom. The van der Waals surface area contributed by atoms with Crippen molar-refractivity contribution in [3.63, 3.8) is 0 Å². The van der Waals surface area contributed by atoms with Crippen molar-refractivity contribution in [3.05, 3.63) is 0 Å². The molecule has 4 aliphatic rings. The summed E-state index contributed by atoms with van der Waals surface area (Å²) in [5.41, 5.74) is 1.66. The Kier molecular flexibility index (Phi) is 3.70. The van der Waals surface area contributed by atoms with Crippen molar-refractivity contribution in [2.24, 2.45) is 22.7 Å². The Balaban J connectivity index is 1.56. The maximum atomic E-state index is 5.75. The van der Waals surface area contributed by atoms with Crippen LogP contribution in [0, 0.1) is 22.7 Å². The van der Waals surface area contributed by atoms with Gasteiger partial charge in [0.1, 0.15) is 0 Å². The normalized spacial score (nSPS) is 46.4. The van der Waals surface area contributed by atoms with E-state index >= 15 is 0 Å². The van der Waals surface area contributed by atoms with Gasteiger partial charge in [-0.15, -0.1) is 0 Å². The van der Waals surface area contributed by atoms with E-state index in [-0.39, 0.29) is 0 Å². The molecule has 2 nitrogen and oxygen atoms in total. The molecular weight excluding hydrogens is 246 g/mol. The molecule has 4 fully saturated rings. The number of hydrogen-bond acceptors (Lipinski definition) is 2. The standard InChI is InChI=1S/C18H33NO/c1-14(2)10-20-6-5-19-18-9-15-7-16(3,12-18)11-17(4,8-15)13-18/h14-15,19H,5-13H2,1-4H3. The van der Waals surface area contributed by atoms with E-state index in [2.05, 4.69) is 33.0 Å². The smallest absolute Gasteiger partial charge is 0.0591 e. The highest BCUT2D eigenvalue weighted by atomic mass is 16.5. The van der Waals surface area contributed by atoms with Crippen LogP contribution in [0.15, 0.2) is 0 Å². The Morgan fingerprint density at radius 3 is 2.25 bits per heavy atom. The Morgan fingerprint density at radius 2 is 1.70 bits per heavy atom. The van der Waals surface area contributed by atoms with E-state index in [9.17, 15) is 0 Å². The van der Waals surface area contributed by atoms with Crippen LogP contribution < -0.4 is 5.32 Å².